The molecule has 0 radical (unpaired) electrons. The molecule has 26 heavy (non-hydrogen) atoms. The van der Waals surface area contributed by atoms with Crippen molar-refractivity contribution in [3.63, 3.8) is 0 Å². The van der Waals surface area contributed by atoms with Crippen LogP contribution in [0.25, 0.3) is 0 Å². The Morgan fingerprint density at radius 2 is 2.08 bits per heavy atom. The summed E-state index contributed by atoms with van der Waals surface area (Å²) in [5.41, 5.74) is 5.34. The summed E-state index contributed by atoms with van der Waals surface area (Å²) in [6, 6.07) is -1.07. The largest absolute Gasteiger partial charge is 0.341 e. The number of hydrogen-bond donors (Lipinski definition) is 2. The summed E-state index contributed by atoms with van der Waals surface area (Å²) < 4.78 is 0. The number of hydrogen-bond acceptors (Lipinski definition) is 4. The molecule has 6 nitrogen and oxygen atoms in total. The SMILES string of the molecule is CC(=O)[C@@]12CC1/C=C\CCCCC[C@H](N)C(=O)N1C[C@H](C)C[C@H]1C(=O)N2. The number of Topliss-reactive ketones (excluding diaryl/α,β-unsaturated/α-hetero) is 1. The van der Waals surface area contributed by atoms with E-state index < -0.39 is 17.6 Å². The Labute approximate surface area is 155 Å². The van der Waals surface area contributed by atoms with E-state index in [2.05, 4.69) is 17.5 Å². The molecule has 1 saturated heterocycles. The second-order valence-electron chi connectivity index (χ2n) is 8.35. The first-order valence-electron chi connectivity index (χ1n) is 9.91. The normalized spacial score (nSPS) is 39.9. The Morgan fingerprint density at radius 3 is 2.81 bits per heavy atom. The van der Waals surface area contributed by atoms with Crippen molar-refractivity contribution in [1.82, 2.24) is 10.2 Å². The van der Waals surface area contributed by atoms with Crippen molar-refractivity contribution in [2.75, 3.05) is 6.54 Å². The van der Waals surface area contributed by atoms with Gasteiger partial charge in [0.05, 0.1) is 6.04 Å². The maximum absolute atomic E-state index is 13.0. The molecular weight excluding hydrogens is 330 g/mol. The smallest absolute Gasteiger partial charge is 0.243 e. The molecule has 0 spiro atoms. The first-order valence-corrected chi connectivity index (χ1v) is 9.91. The molecule has 6 heteroatoms. The molecule has 2 fully saturated rings. The van der Waals surface area contributed by atoms with Gasteiger partial charge in [-0.25, -0.2) is 0 Å². The van der Waals surface area contributed by atoms with E-state index in [9.17, 15) is 14.4 Å². The molecule has 0 aromatic heterocycles. The molecule has 5 atom stereocenters. The molecule has 144 valence electrons. The van der Waals surface area contributed by atoms with Gasteiger partial charge < -0.3 is 16.0 Å². The van der Waals surface area contributed by atoms with Crippen molar-refractivity contribution in [1.29, 1.82) is 0 Å². The third-order valence-electron chi connectivity index (χ3n) is 6.16. The number of allylic oxidation sites excluding steroid dienone is 1. The Hall–Kier alpha value is -1.69. The second-order valence-corrected chi connectivity index (χ2v) is 8.35. The highest BCUT2D eigenvalue weighted by atomic mass is 16.2. The van der Waals surface area contributed by atoms with Gasteiger partial charge >= 0.3 is 0 Å². The zero-order valence-corrected chi connectivity index (χ0v) is 15.9. The number of rotatable bonds is 1. The number of ketones is 1. The standard InChI is InChI=1S/C20H31N3O3/c1-13-10-17-18(25)22-20(14(2)24)11-15(20)8-6-4-3-5-7-9-16(21)19(26)23(17)12-13/h6,8,13,15-17H,3-5,7,9-12,21H2,1-2H3,(H,22,25)/b8-6-/t13-,15?,16+,17+,20+/m1/s1. The molecule has 1 unspecified atom stereocenters. The van der Waals surface area contributed by atoms with Crippen LogP contribution in [0.4, 0.5) is 0 Å². The van der Waals surface area contributed by atoms with Gasteiger partial charge in [0.15, 0.2) is 5.78 Å². The van der Waals surface area contributed by atoms with Gasteiger partial charge in [0.1, 0.15) is 11.6 Å². The molecule has 1 saturated carbocycles. The molecule has 0 bridgehead atoms. The Morgan fingerprint density at radius 1 is 1.31 bits per heavy atom. The van der Waals surface area contributed by atoms with Crippen molar-refractivity contribution in [2.45, 2.75) is 76.4 Å². The fourth-order valence-electron chi connectivity index (χ4n) is 4.40. The fourth-order valence-corrected chi connectivity index (χ4v) is 4.40. The van der Waals surface area contributed by atoms with Gasteiger partial charge in [-0.3, -0.25) is 14.4 Å². The second kappa shape index (κ2) is 7.51. The number of nitrogens with one attached hydrogen (secondary N) is 1. The van der Waals surface area contributed by atoms with Crippen molar-refractivity contribution < 1.29 is 14.4 Å². The Kier molecular flexibility index (Phi) is 5.51. The Bertz CT molecular complexity index is 617. The van der Waals surface area contributed by atoms with Crippen LogP contribution in [0.15, 0.2) is 12.2 Å². The predicted octanol–water partition coefficient (Wildman–Crippen LogP) is 1.53. The molecule has 3 rings (SSSR count). The topological polar surface area (TPSA) is 92.5 Å². The predicted molar refractivity (Wildman–Crippen MR) is 99.1 cm³/mol. The van der Waals surface area contributed by atoms with E-state index in [1.807, 2.05) is 6.92 Å². The van der Waals surface area contributed by atoms with Gasteiger partial charge in [0.25, 0.3) is 0 Å². The first-order chi connectivity index (χ1) is 12.3. The van der Waals surface area contributed by atoms with E-state index in [1.165, 1.54) is 0 Å². The number of carbonyl (C=O) groups excluding carboxylic acids is 3. The lowest BCUT2D eigenvalue weighted by atomic mass is 10.0. The van der Waals surface area contributed by atoms with Gasteiger partial charge in [0, 0.05) is 12.5 Å². The van der Waals surface area contributed by atoms with E-state index in [-0.39, 0.29) is 29.4 Å². The minimum atomic E-state index is -0.781. The summed E-state index contributed by atoms with van der Waals surface area (Å²) >= 11 is 0. The van der Waals surface area contributed by atoms with Crippen LogP contribution >= 0.6 is 0 Å². The van der Waals surface area contributed by atoms with Crippen LogP contribution in [0.3, 0.4) is 0 Å². The molecule has 3 aliphatic rings. The summed E-state index contributed by atoms with van der Waals surface area (Å²) in [7, 11) is 0. The van der Waals surface area contributed by atoms with Crippen LogP contribution in [0.5, 0.6) is 0 Å². The van der Waals surface area contributed by atoms with Crippen molar-refractivity contribution in [3.05, 3.63) is 12.2 Å². The maximum atomic E-state index is 13.0. The minimum Gasteiger partial charge on any atom is -0.341 e. The summed E-state index contributed by atoms with van der Waals surface area (Å²) in [5, 5.41) is 2.99. The van der Waals surface area contributed by atoms with E-state index in [0.717, 1.165) is 25.7 Å². The molecule has 2 amide bonds. The average Bonchev–Trinajstić information content (AvgIpc) is 3.14. The lowest BCUT2D eigenvalue weighted by molar-refractivity contribution is -0.140. The zero-order valence-electron chi connectivity index (χ0n) is 15.9. The highest BCUT2D eigenvalue weighted by Gasteiger charge is 2.58. The number of carbonyl (C=O) groups is 3. The van der Waals surface area contributed by atoms with Gasteiger partial charge in [-0.05, 0) is 44.9 Å². The monoisotopic (exact) mass is 361 g/mol. The third-order valence-corrected chi connectivity index (χ3v) is 6.16. The van der Waals surface area contributed by atoms with Crippen LogP contribution in [0.1, 0.15) is 58.8 Å². The van der Waals surface area contributed by atoms with Crippen LogP contribution in [-0.4, -0.2) is 46.7 Å². The summed E-state index contributed by atoms with van der Waals surface area (Å²) in [5.74, 6) is -0.0312. The number of nitrogens with zero attached hydrogens (tertiary/aromatic N) is 1. The van der Waals surface area contributed by atoms with E-state index in [1.54, 1.807) is 11.8 Å². The lowest BCUT2D eigenvalue weighted by Crippen LogP contribution is -2.55. The van der Waals surface area contributed by atoms with Crippen molar-refractivity contribution in [3.8, 4) is 0 Å². The van der Waals surface area contributed by atoms with Crippen LogP contribution in [0.2, 0.25) is 0 Å². The van der Waals surface area contributed by atoms with E-state index >= 15 is 0 Å². The summed E-state index contributed by atoms with van der Waals surface area (Å²) in [6.45, 7) is 4.14. The van der Waals surface area contributed by atoms with E-state index in [4.69, 9.17) is 5.73 Å². The summed E-state index contributed by atoms with van der Waals surface area (Å²) in [6.07, 6.45) is 10.1. The Balaban J connectivity index is 1.83. The lowest BCUT2D eigenvalue weighted by Gasteiger charge is -2.28. The third kappa shape index (κ3) is 3.70. The quantitative estimate of drug-likeness (QED) is 0.693. The number of fused-ring (bicyclic) bond motifs is 2. The number of nitrogens with two attached hydrogens (primary N) is 1. The van der Waals surface area contributed by atoms with Gasteiger partial charge in [-0.2, -0.15) is 0 Å². The zero-order chi connectivity index (χ0) is 18.9. The molecule has 0 aromatic carbocycles. The van der Waals surface area contributed by atoms with Crippen LogP contribution < -0.4 is 11.1 Å². The summed E-state index contributed by atoms with van der Waals surface area (Å²) in [4.78, 5) is 39.6. The van der Waals surface area contributed by atoms with Gasteiger partial charge in [-0.15, -0.1) is 0 Å². The minimum absolute atomic E-state index is 0.00885. The fraction of sp³-hybridized carbons (Fsp3) is 0.750. The van der Waals surface area contributed by atoms with Gasteiger partial charge in [-0.1, -0.05) is 31.9 Å². The van der Waals surface area contributed by atoms with Crippen LogP contribution in [0, 0.1) is 11.8 Å². The highest BCUT2D eigenvalue weighted by Crippen LogP contribution is 2.46. The molecular formula is C20H31N3O3. The van der Waals surface area contributed by atoms with Crippen LogP contribution in [-0.2, 0) is 14.4 Å². The molecule has 3 N–H and O–H groups in total. The maximum Gasteiger partial charge on any atom is 0.243 e. The van der Waals surface area contributed by atoms with Gasteiger partial charge in [0.2, 0.25) is 11.8 Å². The average molecular weight is 361 g/mol. The van der Waals surface area contributed by atoms with E-state index in [0.29, 0.717) is 25.8 Å². The van der Waals surface area contributed by atoms with Crippen molar-refractivity contribution >= 4 is 17.6 Å². The highest BCUT2D eigenvalue weighted by molar-refractivity contribution is 5.98. The molecule has 2 aliphatic heterocycles. The molecule has 2 heterocycles. The molecule has 0 aromatic rings. The van der Waals surface area contributed by atoms with Crippen molar-refractivity contribution in [2.24, 2.45) is 17.6 Å². The number of amides is 2. The first kappa shape index (κ1) is 19.1. The molecule has 1 aliphatic carbocycles.